The Morgan fingerprint density at radius 2 is 1.91 bits per heavy atom. The summed E-state index contributed by atoms with van der Waals surface area (Å²) in [7, 11) is 4.21. The summed E-state index contributed by atoms with van der Waals surface area (Å²) in [6, 6.07) is 0. The highest BCUT2D eigenvalue weighted by molar-refractivity contribution is 14.0. The molecule has 0 fully saturated rings. The molecule has 0 aliphatic heterocycles. The molecule has 0 radical (unpaired) electrons. The number of aryl methyl sites for hydroxylation is 2. The zero-order valence-electron chi connectivity index (χ0n) is 15.5. The van der Waals surface area contributed by atoms with Crippen molar-refractivity contribution < 1.29 is 0 Å². The third-order valence-corrected chi connectivity index (χ3v) is 4.33. The summed E-state index contributed by atoms with van der Waals surface area (Å²) in [6.07, 6.45) is 0. The van der Waals surface area contributed by atoms with Crippen LogP contribution in [0.2, 0.25) is 0 Å². The van der Waals surface area contributed by atoms with Crippen molar-refractivity contribution in [3.05, 3.63) is 15.6 Å². The summed E-state index contributed by atoms with van der Waals surface area (Å²) < 4.78 is 0. The second-order valence-electron chi connectivity index (χ2n) is 6.70. The van der Waals surface area contributed by atoms with Crippen molar-refractivity contribution in [2.45, 2.75) is 41.2 Å². The Morgan fingerprint density at radius 1 is 1.26 bits per heavy atom. The minimum absolute atomic E-state index is 0. The van der Waals surface area contributed by atoms with Crippen LogP contribution < -0.4 is 10.6 Å². The molecule has 0 aliphatic carbocycles. The standard InChI is InChI=1S/C16H31N5S.HI/c1-8-17-15(19-10-16(4,5)11-21(6)7)18-9-14-20-12(2)13(3)22-14;/h8-11H2,1-7H3,(H2,17,18,19);1H. The highest BCUT2D eigenvalue weighted by Crippen LogP contribution is 2.17. The van der Waals surface area contributed by atoms with Gasteiger partial charge in [0, 0.05) is 24.5 Å². The zero-order valence-corrected chi connectivity index (χ0v) is 18.6. The lowest BCUT2D eigenvalue weighted by molar-refractivity contribution is 0.241. The van der Waals surface area contributed by atoms with Crippen LogP contribution in [-0.4, -0.2) is 49.6 Å². The fraction of sp³-hybridized carbons (Fsp3) is 0.750. The largest absolute Gasteiger partial charge is 0.357 e. The van der Waals surface area contributed by atoms with E-state index in [9.17, 15) is 0 Å². The number of nitrogens with zero attached hydrogens (tertiary/aromatic N) is 3. The second-order valence-corrected chi connectivity index (χ2v) is 7.99. The van der Waals surface area contributed by atoms with Gasteiger partial charge in [0.2, 0.25) is 0 Å². The molecule has 0 bridgehead atoms. The van der Waals surface area contributed by atoms with Crippen LogP contribution in [0.25, 0.3) is 0 Å². The molecule has 1 rings (SSSR count). The summed E-state index contributed by atoms with van der Waals surface area (Å²) >= 11 is 1.73. The molecule has 7 heteroatoms. The van der Waals surface area contributed by atoms with Gasteiger partial charge >= 0.3 is 0 Å². The molecule has 0 amide bonds. The molecular formula is C16H32IN5S. The summed E-state index contributed by atoms with van der Waals surface area (Å²) in [4.78, 5) is 12.7. The van der Waals surface area contributed by atoms with E-state index in [1.807, 2.05) is 6.92 Å². The van der Waals surface area contributed by atoms with E-state index in [1.54, 1.807) is 11.3 Å². The number of aliphatic imine (C=N–C) groups is 1. The Hall–Kier alpha value is -0.410. The van der Waals surface area contributed by atoms with Gasteiger partial charge in [-0.25, -0.2) is 9.98 Å². The Bertz CT molecular complexity index is 477. The van der Waals surface area contributed by atoms with E-state index in [0.717, 1.165) is 36.3 Å². The monoisotopic (exact) mass is 453 g/mol. The topological polar surface area (TPSA) is 52.6 Å². The average Bonchev–Trinajstić information content (AvgIpc) is 2.71. The van der Waals surface area contributed by atoms with E-state index in [2.05, 4.69) is 67.3 Å². The molecule has 0 aromatic carbocycles. The lowest BCUT2D eigenvalue weighted by Crippen LogP contribution is -2.44. The van der Waals surface area contributed by atoms with Crippen LogP contribution in [0.15, 0.2) is 4.99 Å². The van der Waals surface area contributed by atoms with E-state index < -0.39 is 0 Å². The number of rotatable bonds is 7. The van der Waals surface area contributed by atoms with Crippen LogP contribution in [0.1, 0.15) is 36.3 Å². The van der Waals surface area contributed by atoms with E-state index in [-0.39, 0.29) is 29.4 Å². The average molecular weight is 453 g/mol. The molecule has 0 unspecified atom stereocenters. The fourth-order valence-corrected chi connectivity index (χ4v) is 3.19. The summed E-state index contributed by atoms with van der Waals surface area (Å²) in [5.74, 6) is 0.861. The summed E-state index contributed by atoms with van der Waals surface area (Å²) in [5, 5.41) is 7.82. The minimum atomic E-state index is 0. The smallest absolute Gasteiger partial charge is 0.191 e. The van der Waals surface area contributed by atoms with Crippen LogP contribution >= 0.6 is 35.3 Å². The van der Waals surface area contributed by atoms with Gasteiger partial charge in [0.25, 0.3) is 0 Å². The van der Waals surface area contributed by atoms with Crippen molar-refractivity contribution in [3.63, 3.8) is 0 Å². The van der Waals surface area contributed by atoms with Crippen LogP contribution in [0.3, 0.4) is 0 Å². The van der Waals surface area contributed by atoms with Gasteiger partial charge in [-0.3, -0.25) is 0 Å². The Labute approximate surface area is 162 Å². The van der Waals surface area contributed by atoms with Crippen LogP contribution in [0.5, 0.6) is 0 Å². The summed E-state index contributed by atoms with van der Waals surface area (Å²) in [5.41, 5.74) is 1.30. The lowest BCUT2D eigenvalue weighted by Gasteiger charge is -2.29. The van der Waals surface area contributed by atoms with Gasteiger partial charge in [-0.1, -0.05) is 13.8 Å². The van der Waals surface area contributed by atoms with Crippen molar-refractivity contribution >= 4 is 41.3 Å². The number of nitrogens with one attached hydrogen (secondary N) is 2. The third kappa shape index (κ3) is 8.85. The van der Waals surface area contributed by atoms with Crippen LogP contribution in [0.4, 0.5) is 0 Å². The van der Waals surface area contributed by atoms with Gasteiger partial charge in [0.15, 0.2) is 5.96 Å². The van der Waals surface area contributed by atoms with Gasteiger partial charge < -0.3 is 15.5 Å². The highest BCUT2D eigenvalue weighted by Gasteiger charge is 2.19. The Morgan fingerprint density at radius 3 is 2.39 bits per heavy atom. The Kier molecular flexibility index (Phi) is 10.3. The van der Waals surface area contributed by atoms with Crippen LogP contribution in [-0.2, 0) is 6.54 Å². The first-order valence-corrected chi connectivity index (χ1v) is 8.65. The van der Waals surface area contributed by atoms with E-state index >= 15 is 0 Å². The van der Waals surface area contributed by atoms with Crippen molar-refractivity contribution in [2.75, 3.05) is 33.7 Å². The highest BCUT2D eigenvalue weighted by atomic mass is 127. The first-order chi connectivity index (χ1) is 10.2. The number of guanidine groups is 1. The molecule has 1 aromatic heterocycles. The minimum Gasteiger partial charge on any atom is -0.357 e. The number of aromatic nitrogens is 1. The number of hydrogen-bond acceptors (Lipinski definition) is 4. The molecule has 1 aromatic rings. The predicted octanol–water partition coefficient (Wildman–Crippen LogP) is 3.02. The second kappa shape index (κ2) is 10.5. The maximum atomic E-state index is 4.65. The van der Waals surface area contributed by atoms with Crippen molar-refractivity contribution in [1.82, 2.24) is 20.5 Å². The van der Waals surface area contributed by atoms with Gasteiger partial charge in [-0.2, -0.15) is 0 Å². The summed E-state index contributed by atoms with van der Waals surface area (Å²) in [6.45, 7) is 14.2. The third-order valence-electron chi connectivity index (χ3n) is 3.27. The maximum Gasteiger partial charge on any atom is 0.191 e. The first kappa shape index (κ1) is 22.6. The quantitative estimate of drug-likeness (QED) is 0.379. The molecule has 23 heavy (non-hydrogen) atoms. The normalized spacial score (nSPS) is 12.3. The van der Waals surface area contributed by atoms with Crippen molar-refractivity contribution in [1.29, 1.82) is 0 Å². The fourth-order valence-electron chi connectivity index (χ4n) is 2.33. The van der Waals surface area contributed by atoms with Crippen LogP contribution in [0, 0.1) is 19.3 Å². The Balaban J connectivity index is 0.00000484. The first-order valence-electron chi connectivity index (χ1n) is 7.83. The van der Waals surface area contributed by atoms with Gasteiger partial charge in [-0.15, -0.1) is 35.3 Å². The van der Waals surface area contributed by atoms with Gasteiger partial charge in [0.1, 0.15) is 5.01 Å². The van der Waals surface area contributed by atoms with Crippen molar-refractivity contribution in [2.24, 2.45) is 10.4 Å². The maximum absolute atomic E-state index is 4.65. The number of hydrogen-bond donors (Lipinski definition) is 2. The predicted molar refractivity (Wildman–Crippen MR) is 112 cm³/mol. The lowest BCUT2D eigenvalue weighted by atomic mass is 9.93. The van der Waals surface area contributed by atoms with E-state index in [4.69, 9.17) is 0 Å². The molecular weight excluding hydrogens is 421 g/mol. The molecule has 0 atom stereocenters. The molecule has 0 spiro atoms. The van der Waals surface area contributed by atoms with Gasteiger partial charge in [-0.05, 0) is 40.3 Å². The molecule has 5 nitrogen and oxygen atoms in total. The van der Waals surface area contributed by atoms with Gasteiger partial charge in [0.05, 0.1) is 12.2 Å². The molecule has 0 aliphatic rings. The van der Waals surface area contributed by atoms with Crippen molar-refractivity contribution in [3.8, 4) is 0 Å². The SMILES string of the molecule is CCNC(=NCc1nc(C)c(C)s1)NCC(C)(C)CN(C)C.I. The molecule has 0 saturated heterocycles. The zero-order chi connectivity index (χ0) is 16.8. The number of halogens is 1. The molecule has 2 N–H and O–H groups in total. The number of thiazole rings is 1. The molecule has 0 saturated carbocycles. The molecule has 134 valence electrons. The molecule has 1 heterocycles. The van der Waals surface area contributed by atoms with E-state index in [1.165, 1.54) is 4.88 Å². The van der Waals surface area contributed by atoms with E-state index in [0.29, 0.717) is 6.54 Å².